The maximum atomic E-state index is 10.6. The molecule has 0 atom stereocenters. The van der Waals surface area contributed by atoms with Crippen LogP contribution in [0.2, 0.25) is 0 Å². The molecule has 0 radical (unpaired) electrons. The molecule has 0 spiro atoms. The predicted molar refractivity (Wildman–Crippen MR) is 48.5 cm³/mol. The van der Waals surface area contributed by atoms with E-state index in [0.717, 1.165) is 0 Å². The summed E-state index contributed by atoms with van der Waals surface area (Å²) in [6.45, 7) is 0.576. The summed E-state index contributed by atoms with van der Waals surface area (Å²) in [5.74, 6) is 0.590. The normalized spacial score (nSPS) is 11.5. The molecule has 0 aliphatic carbocycles. The Kier molecular flexibility index (Phi) is 3.29. The van der Waals surface area contributed by atoms with Gasteiger partial charge >= 0.3 is 0 Å². The van der Waals surface area contributed by atoms with Gasteiger partial charge in [0.15, 0.2) is 18.9 Å². The Bertz CT molecular complexity index is 388. The zero-order chi connectivity index (χ0) is 9.90. The number of thiol groups is 1. The quantitative estimate of drug-likeness (QED) is 0.435. The van der Waals surface area contributed by atoms with Crippen molar-refractivity contribution >= 4 is 22.7 Å². The molecule has 1 aromatic heterocycles. The summed E-state index contributed by atoms with van der Waals surface area (Å²) in [4.78, 5) is -0.211. The van der Waals surface area contributed by atoms with Crippen molar-refractivity contribution in [2.24, 2.45) is 0 Å². The van der Waals surface area contributed by atoms with Crippen molar-refractivity contribution < 1.29 is 17.5 Å². The number of hydrogen-bond acceptors (Lipinski definition) is 4. The molecule has 0 fully saturated rings. The van der Waals surface area contributed by atoms with Gasteiger partial charge in [-0.25, -0.2) is 13.0 Å². The fourth-order valence-corrected chi connectivity index (χ4v) is 1.64. The van der Waals surface area contributed by atoms with E-state index < -0.39 is 10.1 Å². The molecule has 0 aliphatic heterocycles. The Hall–Kier alpha value is -0.590. The summed E-state index contributed by atoms with van der Waals surface area (Å²) in [7, 11) is -4.34. The van der Waals surface area contributed by atoms with Gasteiger partial charge < -0.3 is 4.55 Å². The van der Waals surface area contributed by atoms with E-state index in [1.165, 1.54) is 18.3 Å². The van der Waals surface area contributed by atoms with E-state index in [0.29, 0.717) is 12.3 Å². The lowest BCUT2D eigenvalue weighted by Crippen LogP contribution is -2.34. The van der Waals surface area contributed by atoms with E-state index in [2.05, 4.69) is 12.6 Å². The summed E-state index contributed by atoms with van der Waals surface area (Å²) in [6.07, 6.45) is 2.99. The number of rotatable bonds is 3. The zero-order valence-corrected chi connectivity index (χ0v) is 8.46. The third-order valence-corrected chi connectivity index (χ3v) is 2.50. The van der Waals surface area contributed by atoms with Crippen LogP contribution in [-0.2, 0) is 16.7 Å². The standard InChI is InChI=1S/C7H9NO3S2/c9-13(10,11)7-2-1-3-8(6-7)4-5-12/h1-3,6H,4-5H2,(H-,9,10,11,12). The van der Waals surface area contributed by atoms with Crippen LogP contribution in [0, 0.1) is 0 Å². The smallest absolute Gasteiger partial charge is 0.186 e. The predicted octanol–water partition coefficient (Wildman–Crippen LogP) is -0.192. The molecule has 4 nitrogen and oxygen atoms in total. The number of aromatic nitrogens is 1. The first-order valence-corrected chi connectivity index (χ1v) is 5.64. The summed E-state index contributed by atoms with van der Waals surface area (Å²) in [5, 5.41) is 0. The van der Waals surface area contributed by atoms with Crippen molar-refractivity contribution in [3.8, 4) is 0 Å². The summed E-state index contributed by atoms with van der Waals surface area (Å²) < 4.78 is 33.4. The largest absolute Gasteiger partial charge is 0.744 e. The molecular formula is C7H9NO3S2. The van der Waals surface area contributed by atoms with E-state index in [9.17, 15) is 13.0 Å². The average Bonchev–Trinajstić information content (AvgIpc) is 2.04. The topological polar surface area (TPSA) is 61.1 Å². The second-order valence-corrected chi connectivity index (χ2v) is 4.28. The SMILES string of the molecule is O=S(=O)([O-])c1ccc[n+](CCS)c1. The van der Waals surface area contributed by atoms with Gasteiger partial charge in [0.25, 0.3) is 0 Å². The highest BCUT2D eigenvalue weighted by atomic mass is 32.2. The second kappa shape index (κ2) is 4.08. The maximum Gasteiger partial charge on any atom is 0.186 e. The van der Waals surface area contributed by atoms with E-state index in [1.54, 1.807) is 10.8 Å². The molecule has 6 heteroatoms. The van der Waals surface area contributed by atoms with Gasteiger partial charge in [-0.15, -0.1) is 0 Å². The highest BCUT2D eigenvalue weighted by Crippen LogP contribution is 2.02. The number of aryl methyl sites for hydroxylation is 1. The third kappa shape index (κ3) is 2.98. The van der Waals surface area contributed by atoms with Crippen LogP contribution < -0.4 is 4.57 Å². The van der Waals surface area contributed by atoms with Gasteiger partial charge in [0.05, 0.1) is 0 Å². The van der Waals surface area contributed by atoms with Gasteiger partial charge in [-0.2, -0.15) is 12.6 Å². The Morgan fingerprint density at radius 2 is 2.23 bits per heavy atom. The highest BCUT2D eigenvalue weighted by Gasteiger charge is 2.06. The number of pyridine rings is 1. The summed E-state index contributed by atoms with van der Waals surface area (Å²) in [6, 6.07) is 2.80. The summed E-state index contributed by atoms with van der Waals surface area (Å²) in [5.41, 5.74) is 0. The minimum Gasteiger partial charge on any atom is -0.744 e. The van der Waals surface area contributed by atoms with E-state index in [4.69, 9.17) is 0 Å². The van der Waals surface area contributed by atoms with Crippen molar-refractivity contribution in [1.29, 1.82) is 0 Å². The van der Waals surface area contributed by atoms with Gasteiger partial charge in [0.2, 0.25) is 0 Å². The minimum absolute atomic E-state index is 0.211. The van der Waals surface area contributed by atoms with Gasteiger partial charge in [0, 0.05) is 11.8 Å². The fourth-order valence-electron chi connectivity index (χ4n) is 0.900. The second-order valence-electron chi connectivity index (χ2n) is 2.46. The Labute approximate surface area is 82.4 Å². The Balaban J connectivity index is 3.06. The fraction of sp³-hybridized carbons (Fsp3) is 0.286. The maximum absolute atomic E-state index is 10.6. The monoisotopic (exact) mass is 219 g/mol. The third-order valence-electron chi connectivity index (χ3n) is 1.48. The molecular weight excluding hydrogens is 210 g/mol. The van der Waals surface area contributed by atoms with Gasteiger partial charge in [-0.05, 0) is 6.07 Å². The first-order valence-electron chi connectivity index (χ1n) is 3.60. The molecule has 0 aromatic carbocycles. The molecule has 72 valence electrons. The Morgan fingerprint density at radius 3 is 2.77 bits per heavy atom. The van der Waals surface area contributed by atoms with Gasteiger partial charge in [-0.3, -0.25) is 0 Å². The molecule has 0 saturated heterocycles. The lowest BCUT2D eigenvalue weighted by atomic mass is 10.5. The molecule has 0 N–H and O–H groups in total. The molecule has 0 amide bonds. The molecule has 0 unspecified atom stereocenters. The lowest BCUT2D eigenvalue weighted by Gasteiger charge is -2.04. The van der Waals surface area contributed by atoms with E-state index >= 15 is 0 Å². The van der Waals surface area contributed by atoms with Crippen molar-refractivity contribution in [1.82, 2.24) is 0 Å². The van der Waals surface area contributed by atoms with Crippen LogP contribution in [0.5, 0.6) is 0 Å². The number of nitrogens with zero attached hydrogens (tertiary/aromatic N) is 1. The molecule has 0 saturated carbocycles. The van der Waals surface area contributed by atoms with E-state index in [-0.39, 0.29) is 4.90 Å². The molecule has 0 bridgehead atoms. The molecule has 1 rings (SSSR count). The van der Waals surface area contributed by atoms with Crippen molar-refractivity contribution in [2.75, 3.05) is 5.75 Å². The molecule has 1 heterocycles. The van der Waals surface area contributed by atoms with Crippen LogP contribution in [0.4, 0.5) is 0 Å². The van der Waals surface area contributed by atoms with Gasteiger partial charge in [0.1, 0.15) is 15.0 Å². The number of hydrogen-bond donors (Lipinski definition) is 1. The molecule has 1 aromatic rings. The van der Waals surface area contributed by atoms with Crippen LogP contribution in [-0.4, -0.2) is 18.7 Å². The summed E-state index contributed by atoms with van der Waals surface area (Å²) >= 11 is 3.99. The zero-order valence-electron chi connectivity index (χ0n) is 6.75. The van der Waals surface area contributed by atoms with Crippen LogP contribution >= 0.6 is 12.6 Å². The molecule has 0 aliphatic rings. The van der Waals surface area contributed by atoms with Crippen molar-refractivity contribution in [3.63, 3.8) is 0 Å². The van der Waals surface area contributed by atoms with Crippen LogP contribution in [0.15, 0.2) is 29.4 Å². The first kappa shape index (κ1) is 10.5. The first-order chi connectivity index (χ1) is 6.04. The molecule has 13 heavy (non-hydrogen) atoms. The Morgan fingerprint density at radius 1 is 1.54 bits per heavy atom. The lowest BCUT2D eigenvalue weighted by molar-refractivity contribution is -0.694. The minimum atomic E-state index is -4.34. The van der Waals surface area contributed by atoms with Crippen LogP contribution in [0.3, 0.4) is 0 Å². The highest BCUT2D eigenvalue weighted by molar-refractivity contribution is 7.85. The van der Waals surface area contributed by atoms with Crippen molar-refractivity contribution in [2.45, 2.75) is 11.4 Å². The van der Waals surface area contributed by atoms with Crippen LogP contribution in [0.25, 0.3) is 0 Å². The van der Waals surface area contributed by atoms with Crippen LogP contribution in [0.1, 0.15) is 0 Å². The van der Waals surface area contributed by atoms with E-state index in [1.807, 2.05) is 0 Å². The van der Waals surface area contributed by atoms with Crippen molar-refractivity contribution in [3.05, 3.63) is 24.5 Å². The van der Waals surface area contributed by atoms with Gasteiger partial charge in [-0.1, -0.05) is 0 Å². The average molecular weight is 219 g/mol.